The number of carboxylic acid groups (broad SMARTS) is 1. The van der Waals surface area contributed by atoms with Crippen LogP contribution >= 0.6 is 0 Å². The van der Waals surface area contributed by atoms with Gasteiger partial charge < -0.3 is 31.1 Å². The number of carboxylic acids is 1. The summed E-state index contributed by atoms with van der Waals surface area (Å²) in [5.41, 5.74) is 13.1. The monoisotopic (exact) mass is 515 g/mol. The minimum atomic E-state index is -4.21. The van der Waals surface area contributed by atoms with Gasteiger partial charge in [-0.25, -0.2) is 8.42 Å². The van der Waals surface area contributed by atoms with Gasteiger partial charge >= 0.3 is 5.97 Å². The summed E-state index contributed by atoms with van der Waals surface area (Å²) in [5.74, 6) is -0.919. The molecule has 2 aliphatic heterocycles. The van der Waals surface area contributed by atoms with E-state index in [1.54, 1.807) is 28.0 Å². The van der Waals surface area contributed by atoms with Crippen molar-refractivity contribution < 1.29 is 23.1 Å². The largest absolute Gasteiger partial charge is 0.489 e. The van der Waals surface area contributed by atoms with Gasteiger partial charge in [0, 0.05) is 26.1 Å². The third kappa shape index (κ3) is 5.30. The van der Waals surface area contributed by atoms with Gasteiger partial charge in [0.25, 0.3) is 10.0 Å². The Kier molecular flexibility index (Phi) is 6.93. The number of aliphatic carboxylic acids is 1. The molecule has 7 N–H and O–H groups in total. The Hall–Kier alpha value is -4.00. The Morgan fingerprint density at radius 2 is 1.75 bits per heavy atom. The molecule has 0 bridgehead atoms. The van der Waals surface area contributed by atoms with Crippen LogP contribution in [-0.4, -0.2) is 73.5 Å². The Bertz CT molecular complexity index is 1280. The second-order valence-corrected chi connectivity index (χ2v) is 10.6. The number of hydrogen-bond acceptors (Lipinski definition) is 6. The van der Waals surface area contributed by atoms with E-state index in [9.17, 15) is 18.3 Å². The van der Waals surface area contributed by atoms with Crippen LogP contribution in [0.3, 0.4) is 0 Å². The molecule has 1 fully saturated rings. The van der Waals surface area contributed by atoms with Crippen LogP contribution in [0, 0.1) is 10.8 Å². The first-order chi connectivity index (χ1) is 17.0. The summed E-state index contributed by atoms with van der Waals surface area (Å²) >= 11 is 0. The van der Waals surface area contributed by atoms with E-state index in [2.05, 4.69) is 0 Å². The zero-order valence-electron chi connectivity index (χ0n) is 19.6. The van der Waals surface area contributed by atoms with Crippen LogP contribution in [-0.2, 0) is 27.8 Å². The number of carbonyl (C=O) groups is 1. The Balaban J connectivity index is 1.57. The molecule has 0 radical (unpaired) electrons. The van der Waals surface area contributed by atoms with Crippen LogP contribution < -0.4 is 20.5 Å². The van der Waals surface area contributed by atoms with Gasteiger partial charge in [-0.05, 0) is 53.9 Å². The highest BCUT2D eigenvalue weighted by Gasteiger charge is 2.29. The summed E-state index contributed by atoms with van der Waals surface area (Å²) < 4.78 is 33.7. The van der Waals surface area contributed by atoms with Crippen LogP contribution in [0.5, 0.6) is 5.75 Å². The molecule has 0 aliphatic carbocycles. The van der Waals surface area contributed by atoms with E-state index in [0.717, 1.165) is 15.4 Å². The lowest BCUT2D eigenvalue weighted by Gasteiger charge is -2.30. The third-order valence-electron chi connectivity index (χ3n) is 6.31. The molecule has 0 spiro atoms. The number of nitrogens with two attached hydrogens (primary N) is 2. The predicted octanol–water partition coefficient (Wildman–Crippen LogP) is 0.565. The zero-order chi connectivity index (χ0) is 26.0. The summed E-state index contributed by atoms with van der Waals surface area (Å²) in [7, 11) is -4.21. The van der Waals surface area contributed by atoms with E-state index in [0.29, 0.717) is 44.8 Å². The highest BCUT2D eigenvalue weighted by atomic mass is 32.2. The SMILES string of the molecule is N=C(N)N1CCc2ccc(N(CC(=O)O)S(=O)(=O)c3ccc(O[C@H]4CCN(C(=N)N)C4)cc3)cc2C1. The van der Waals surface area contributed by atoms with Gasteiger partial charge in [-0.3, -0.25) is 19.9 Å². The lowest BCUT2D eigenvalue weighted by Crippen LogP contribution is -2.40. The van der Waals surface area contributed by atoms with E-state index >= 15 is 0 Å². The molecule has 2 heterocycles. The standard InChI is InChI=1S/C23H29N7O5S/c24-22(25)28-9-7-15-1-2-17(11-16(15)12-28)30(14-21(31)32)36(33,34)20-5-3-18(4-6-20)35-19-8-10-29(13-19)23(26)27/h1-6,11,19H,7-10,12-14H2,(H3,24,25)(H3,26,27)(H,31,32)/t19-/m0/s1. The minimum Gasteiger partial charge on any atom is -0.489 e. The Labute approximate surface area is 209 Å². The number of fused-ring (bicyclic) bond motifs is 1. The van der Waals surface area contributed by atoms with Crippen molar-refractivity contribution in [3.05, 3.63) is 53.6 Å². The van der Waals surface area contributed by atoms with Crippen molar-refractivity contribution in [2.24, 2.45) is 11.5 Å². The number of nitrogens with one attached hydrogen (secondary N) is 2. The van der Waals surface area contributed by atoms with E-state index < -0.39 is 22.5 Å². The van der Waals surface area contributed by atoms with Crippen molar-refractivity contribution in [3.8, 4) is 5.75 Å². The summed E-state index contributed by atoms with van der Waals surface area (Å²) in [4.78, 5) is 14.9. The highest BCUT2D eigenvalue weighted by Crippen LogP contribution is 2.29. The average molecular weight is 516 g/mol. The first-order valence-electron chi connectivity index (χ1n) is 11.4. The normalized spacial score (nSPS) is 17.4. The van der Waals surface area contributed by atoms with Crippen molar-refractivity contribution in [1.29, 1.82) is 10.8 Å². The summed E-state index contributed by atoms with van der Waals surface area (Å²) in [6.45, 7) is 1.26. The van der Waals surface area contributed by atoms with Crippen molar-refractivity contribution in [2.75, 3.05) is 30.5 Å². The second kappa shape index (κ2) is 9.93. The second-order valence-electron chi connectivity index (χ2n) is 8.75. The average Bonchev–Trinajstić information content (AvgIpc) is 3.31. The molecular formula is C23H29N7O5S. The number of anilines is 1. The third-order valence-corrected chi connectivity index (χ3v) is 8.10. The number of likely N-dealkylation sites (tertiary alicyclic amines) is 1. The number of sulfonamides is 1. The molecule has 2 aromatic rings. The fourth-order valence-electron chi connectivity index (χ4n) is 4.40. The number of benzene rings is 2. The molecule has 4 rings (SSSR count). The fourth-order valence-corrected chi connectivity index (χ4v) is 5.80. The van der Waals surface area contributed by atoms with E-state index in [1.165, 1.54) is 24.3 Å². The number of hydrogen-bond donors (Lipinski definition) is 5. The lowest BCUT2D eigenvalue weighted by molar-refractivity contribution is -0.135. The van der Waals surface area contributed by atoms with Crippen LogP contribution in [0.4, 0.5) is 5.69 Å². The maximum atomic E-state index is 13.5. The summed E-state index contributed by atoms with van der Waals surface area (Å²) in [5, 5.41) is 24.7. The first kappa shape index (κ1) is 25.1. The molecule has 0 aromatic heterocycles. The van der Waals surface area contributed by atoms with Crippen molar-refractivity contribution in [1.82, 2.24) is 9.80 Å². The van der Waals surface area contributed by atoms with Crippen LogP contribution in [0.1, 0.15) is 17.5 Å². The molecule has 36 heavy (non-hydrogen) atoms. The lowest BCUT2D eigenvalue weighted by atomic mass is 9.99. The first-order valence-corrected chi connectivity index (χ1v) is 12.8. The fraction of sp³-hybridized carbons (Fsp3) is 0.348. The Morgan fingerprint density at radius 1 is 1.06 bits per heavy atom. The molecule has 0 amide bonds. The molecule has 2 aromatic carbocycles. The van der Waals surface area contributed by atoms with E-state index in [4.69, 9.17) is 27.0 Å². The molecular weight excluding hydrogens is 486 g/mol. The van der Waals surface area contributed by atoms with Gasteiger partial charge in [-0.1, -0.05) is 6.07 Å². The molecule has 0 saturated carbocycles. The zero-order valence-corrected chi connectivity index (χ0v) is 20.4. The molecule has 1 saturated heterocycles. The van der Waals surface area contributed by atoms with Crippen molar-refractivity contribution in [2.45, 2.75) is 30.4 Å². The van der Waals surface area contributed by atoms with Crippen LogP contribution in [0.2, 0.25) is 0 Å². The Morgan fingerprint density at radius 3 is 2.36 bits per heavy atom. The smallest absolute Gasteiger partial charge is 0.324 e. The van der Waals surface area contributed by atoms with Gasteiger partial charge in [-0.2, -0.15) is 0 Å². The van der Waals surface area contributed by atoms with Crippen LogP contribution in [0.15, 0.2) is 47.4 Å². The molecule has 12 nitrogen and oxygen atoms in total. The molecule has 1 atom stereocenters. The number of ether oxygens (including phenoxy) is 1. The number of rotatable bonds is 7. The summed E-state index contributed by atoms with van der Waals surface area (Å²) in [6.07, 6.45) is 1.16. The number of guanidine groups is 2. The maximum absolute atomic E-state index is 13.5. The van der Waals surface area contributed by atoms with Gasteiger partial charge in [-0.15, -0.1) is 0 Å². The van der Waals surface area contributed by atoms with Gasteiger partial charge in [0.1, 0.15) is 18.4 Å². The molecule has 2 aliphatic rings. The highest BCUT2D eigenvalue weighted by molar-refractivity contribution is 7.92. The van der Waals surface area contributed by atoms with Gasteiger partial charge in [0.15, 0.2) is 11.9 Å². The topological polar surface area (TPSA) is 190 Å². The van der Waals surface area contributed by atoms with Gasteiger partial charge in [0.05, 0.1) is 17.1 Å². The predicted molar refractivity (Wildman–Crippen MR) is 134 cm³/mol. The van der Waals surface area contributed by atoms with Gasteiger partial charge in [0.2, 0.25) is 0 Å². The maximum Gasteiger partial charge on any atom is 0.324 e. The van der Waals surface area contributed by atoms with Crippen molar-refractivity contribution in [3.63, 3.8) is 0 Å². The van der Waals surface area contributed by atoms with E-state index in [1.807, 2.05) is 0 Å². The van der Waals surface area contributed by atoms with E-state index in [-0.39, 0.29) is 28.6 Å². The molecule has 192 valence electrons. The summed E-state index contributed by atoms with van der Waals surface area (Å²) in [6, 6.07) is 10.8. The van der Waals surface area contributed by atoms with Crippen LogP contribution in [0.25, 0.3) is 0 Å². The molecule has 13 heteroatoms. The number of nitrogens with zero attached hydrogens (tertiary/aromatic N) is 3. The van der Waals surface area contributed by atoms with Crippen molar-refractivity contribution >= 4 is 33.6 Å². The minimum absolute atomic E-state index is 0.0164. The molecule has 0 unspecified atom stereocenters. The quantitative estimate of drug-likeness (QED) is 0.259.